The quantitative estimate of drug-likeness (QED) is 0.686. The lowest BCUT2D eigenvalue weighted by Gasteiger charge is -2.11. The topological polar surface area (TPSA) is 73.9 Å². The summed E-state index contributed by atoms with van der Waals surface area (Å²) in [7, 11) is 1.40. The Balaban J connectivity index is 1.88. The fourth-order valence-electron chi connectivity index (χ4n) is 2.55. The van der Waals surface area contributed by atoms with Crippen molar-refractivity contribution in [3.8, 4) is 17.2 Å². The van der Waals surface area contributed by atoms with E-state index in [1.807, 2.05) is 36.4 Å². The molecule has 0 aliphatic heterocycles. The molecule has 0 radical (unpaired) electrons. The van der Waals surface area contributed by atoms with Gasteiger partial charge < -0.3 is 14.2 Å². The van der Waals surface area contributed by atoms with E-state index in [4.69, 9.17) is 14.2 Å². The lowest BCUT2D eigenvalue weighted by molar-refractivity contribution is 0.391. The molecule has 0 heterocycles. The van der Waals surface area contributed by atoms with Crippen LogP contribution in [0.5, 0.6) is 17.2 Å². The van der Waals surface area contributed by atoms with Crippen LogP contribution in [0.1, 0.15) is 11.1 Å². The average molecular weight is 379 g/mol. The molecule has 26 heavy (non-hydrogen) atoms. The zero-order chi connectivity index (χ0) is 19.0. The highest BCUT2D eigenvalue weighted by Gasteiger charge is 2.12. The molecule has 2 rings (SSSR count). The predicted octanol–water partition coefficient (Wildman–Crippen LogP) is 2.42. The van der Waals surface area contributed by atoms with E-state index in [-0.39, 0.29) is 5.75 Å². The lowest BCUT2D eigenvalue weighted by Crippen LogP contribution is -2.29. The summed E-state index contributed by atoms with van der Waals surface area (Å²) in [5.74, 6) is 2.13. The van der Waals surface area contributed by atoms with Crippen LogP contribution in [-0.2, 0) is 22.9 Å². The van der Waals surface area contributed by atoms with E-state index in [1.54, 1.807) is 27.4 Å². The van der Waals surface area contributed by atoms with Crippen LogP contribution in [-0.4, -0.2) is 42.0 Å². The van der Waals surface area contributed by atoms with Crippen LogP contribution in [0.3, 0.4) is 0 Å². The highest BCUT2D eigenvalue weighted by atomic mass is 32.2. The summed E-state index contributed by atoms with van der Waals surface area (Å²) >= 11 is 0. The van der Waals surface area contributed by atoms with Gasteiger partial charge in [-0.1, -0.05) is 18.2 Å². The van der Waals surface area contributed by atoms with Crippen LogP contribution in [0.2, 0.25) is 0 Å². The Hall–Kier alpha value is -2.25. The van der Waals surface area contributed by atoms with Crippen molar-refractivity contribution in [1.29, 1.82) is 0 Å². The van der Waals surface area contributed by atoms with E-state index in [0.29, 0.717) is 30.9 Å². The number of rotatable bonds is 10. The number of ether oxygens (including phenoxy) is 3. The number of methoxy groups -OCH3 is 3. The number of nitrogens with one attached hydrogen (secondary N) is 1. The molecular weight excluding hydrogens is 354 g/mol. The van der Waals surface area contributed by atoms with Crippen molar-refractivity contribution < 1.29 is 22.6 Å². The third kappa shape index (κ3) is 5.93. The number of sulfonamides is 1. The summed E-state index contributed by atoms with van der Waals surface area (Å²) < 4.78 is 42.7. The van der Waals surface area contributed by atoms with E-state index in [2.05, 4.69) is 4.72 Å². The Kier molecular flexibility index (Phi) is 7.29. The van der Waals surface area contributed by atoms with Gasteiger partial charge in [-0.25, -0.2) is 13.1 Å². The number of aryl methyl sites for hydroxylation is 1. The molecular formula is C19H25NO5S. The van der Waals surface area contributed by atoms with E-state index in [9.17, 15) is 8.42 Å². The second kappa shape index (κ2) is 9.45. The van der Waals surface area contributed by atoms with Gasteiger partial charge in [-0.3, -0.25) is 0 Å². The Morgan fingerprint density at radius 1 is 0.885 bits per heavy atom. The normalized spacial score (nSPS) is 11.2. The number of hydrogen-bond donors (Lipinski definition) is 1. The van der Waals surface area contributed by atoms with Crippen molar-refractivity contribution in [3.63, 3.8) is 0 Å². The molecule has 6 nitrogen and oxygen atoms in total. The first kappa shape index (κ1) is 20.1. The van der Waals surface area contributed by atoms with Gasteiger partial charge >= 0.3 is 0 Å². The first-order valence-electron chi connectivity index (χ1n) is 8.28. The van der Waals surface area contributed by atoms with Gasteiger partial charge in [-0.2, -0.15) is 0 Å². The smallest absolute Gasteiger partial charge is 0.211 e. The summed E-state index contributed by atoms with van der Waals surface area (Å²) in [5.41, 5.74) is 1.84. The third-order valence-corrected chi connectivity index (χ3v) is 5.39. The Morgan fingerprint density at radius 3 is 2.31 bits per heavy atom. The minimum atomic E-state index is -3.36. The average Bonchev–Trinajstić information content (AvgIpc) is 2.66. The van der Waals surface area contributed by atoms with Crippen molar-refractivity contribution in [2.45, 2.75) is 12.8 Å². The van der Waals surface area contributed by atoms with Crippen LogP contribution < -0.4 is 18.9 Å². The molecule has 0 atom stereocenters. The zero-order valence-electron chi connectivity index (χ0n) is 15.3. The molecule has 0 aliphatic carbocycles. The SMILES string of the molecule is COc1cccc(CCS(=O)(=O)NCCc2ccc(OC)cc2OC)c1. The van der Waals surface area contributed by atoms with Crippen LogP contribution >= 0.6 is 0 Å². The molecule has 0 amide bonds. The lowest BCUT2D eigenvalue weighted by atomic mass is 10.1. The molecule has 7 heteroatoms. The molecule has 0 saturated heterocycles. The van der Waals surface area contributed by atoms with Gasteiger partial charge in [0.05, 0.1) is 27.1 Å². The molecule has 0 spiro atoms. The van der Waals surface area contributed by atoms with Crippen LogP contribution in [0.4, 0.5) is 0 Å². The van der Waals surface area contributed by atoms with E-state index in [0.717, 1.165) is 16.9 Å². The van der Waals surface area contributed by atoms with Crippen molar-refractivity contribution >= 4 is 10.0 Å². The van der Waals surface area contributed by atoms with Gasteiger partial charge in [0.15, 0.2) is 0 Å². The Bertz CT molecular complexity index is 820. The van der Waals surface area contributed by atoms with Gasteiger partial charge in [0.1, 0.15) is 17.2 Å². The molecule has 2 aromatic carbocycles. The van der Waals surface area contributed by atoms with Crippen LogP contribution in [0.25, 0.3) is 0 Å². The molecule has 0 saturated carbocycles. The van der Waals surface area contributed by atoms with E-state index in [1.165, 1.54) is 0 Å². The summed E-state index contributed by atoms with van der Waals surface area (Å²) in [6.07, 6.45) is 0.962. The maximum absolute atomic E-state index is 12.2. The van der Waals surface area contributed by atoms with Crippen molar-refractivity contribution in [2.75, 3.05) is 33.6 Å². The fraction of sp³-hybridized carbons (Fsp3) is 0.368. The minimum Gasteiger partial charge on any atom is -0.497 e. The van der Waals surface area contributed by atoms with Gasteiger partial charge in [-0.05, 0) is 42.2 Å². The molecule has 1 N–H and O–H groups in total. The number of benzene rings is 2. The highest BCUT2D eigenvalue weighted by Crippen LogP contribution is 2.24. The molecule has 142 valence electrons. The molecule has 0 bridgehead atoms. The van der Waals surface area contributed by atoms with Gasteiger partial charge in [0.2, 0.25) is 10.0 Å². The minimum absolute atomic E-state index is 0.0277. The maximum Gasteiger partial charge on any atom is 0.211 e. The number of hydrogen-bond acceptors (Lipinski definition) is 5. The first-order chi connectivity index (χ1) is 12.5. The van der Waals surface area contributed by atoms with Gasteiger partial charge in [0, 0.05) is 12.6 Å². The largest absolute Gasteiger partial charge is 0.497 e. The maximum atomic E-state index is 12.2. The molecule has 0 unspecified atom stereocenters. The van der Waals surface area contributed by atoms with Gasteiger partial charge in [0.25, 0.3) is 0 Å². The van der Waals surface area contributed by atoms with Crippen molar-refractivity contribution in [2.24, 2.45) is 0 Å². The Morgan fingerprint density at radius 2 is 1.62 bits per heavy atom. The van der Waals surface area contributed by atoms with E-state index < -0.39 is 10.0 Å². The van der Waals surface area contributed by atoms with Crippen molar-refractivity contribution in [1.82, 2.24) is 4.72 Å². The molecule has 0 fully saturated rings. The third-order valence-electron chi connectivity index (χ3n) is 4.00. The summed E-state index contributed by atoms with van der Waals surface area (Å²) in [6, 6.07) is 12.9. The summed E-state index contributed by atoms with van der Waals surface area (Å²) in [6.45, 7) is 0.309. The molecule has 2 aromatic rings. The van der Waals surface area contributed by atoms with Gasteiger partial charge in [-0.15, -0.1) is 0 Å². The molecule has 0 aromatic heterocycles. The second-order valence-corrected chi connectivity index (χ2v) is 7.67. The van der Waals surface area contributed by atoms with E-state index >= 15 is 0 Å². The summed E-state index contributed by atoms with van der Waals surface area (Å²) in [5, 5.41) is 0. The second-order valence-electron chi connectivity index (χ2n) is 5.74. The first-order valence-corrected chi connectivity index (χ1v) is 9.94. The molecule has 0 aliphatic rings. The zero-order valence-corrected chi connectivity index (χ0v) is 16.1. The predicted molar refractivity (Wildman–Crippen MR) is 102 cm³/mol. The summed E-state index contributed by atoms with van der Waals surface area (Å²) in [4.78, 5) is 0. The Labute approximate surface area is 155 Å². The van der Waals surface area contributed by atoms with Crippen LogP contribution in [0.15, 0.2) is 42.5 Å². The fourth-order valence-corrected chi connectivity index (χ4v) is 3.61. The van der Waals surface area contributed by atoms with Crippen LogP contribution in [0, 0.1) is 0 Å². The monoisotopic (exact) mass is 379 g/mol. The van der Waals surface area contributed by atoms with Crippen molar-refractivity contribution in [3.05, 3.63) is 53.6 Å². The highest BCUT2D eigenvalue weighted by molar-refractivity contribution is 7.89. The standard InChI is InChI=1S/C19H25NO5S/c1-23-17-6-4-5-15(13-17)10-12-26(21,22)20-11-9-16-7-8-18(24-2)14-19(16)25-3/h4-8,13-14,20H,9-12H2,1-3H3.